The van der Waals surface area contributed by atoms with Crippen LogP contribution >= 0.6 is 0 Å². The molecule has 0 atom stereocenters. The molecule has 0 fully saturated rings. The van der Waals surface area contributed by atoms with Gasteiger partial charge in [-0.25, -0.2) is 0 Å². The first-order valence-corrected chi connectivity index (χ1v) is 5.28. The van der Waals surface area contributed by atoms with Crippen LogP contribution in [0.15, 0.2) is 18.2 Å². The van der Waals surface area contributed by atoms with Gasteiger partial charge in [-0.3, -0.25) is 4.90 Å². The van der Waals surface area contributed by atoms with Crippen molar-refractivity contribution in [2.75, 3.05) is 20.2 Å². The number of nitriles is 3. The summed E-state index contributed by atoms with van der Waals surface area (Å²) in [7, 11) is 1.51. The van der Waals surface area contributed by atoms with Crippen LogP contribution in [0, 0.1) is 34.0 Å². The van der Waals surface area contributed by atoms with Crippen molar-refractivity contribution in [2.24, 2.45) is 0 Å². The van der Waals surface area contributed by atoms with Crippen molar-refractivity contribution >= 4 is 0 Å². The number of benzene rings is 1. The Labute approximate surface area is 106 Å². The smallest absolute Gasteiger partial charge is 0.136 e. The third-order valence-corrected chi connectivity index (χ3v) is 2.38. The van der Waals surface area contributed by atoms with Crippen LogP contribution in [-0.2, 0) is 6.54 Å². The van der Waals surface area contributed by atoms with Gasteiger partial charge >= 0.3 is 0 Å². The summed E-state index contributed by atoms with van der Waals surface area (Å²) in [5, 5.41) is 26.3. The summed E-state index contributed by atoms with van der Waals surface area (Å²) in [6.45, 7) is 0.822. The fraction of sp³-hybridized carbons (Fsp3) is 0.308. The van der Waals surface area contributed by atoms with Crippen molar-refractivity contribution in [3.8, 4) is 24.0 Å². The molecule has 5 heteroatoms. The van der Waals surface area contributed by atoms with E-state index in [-0.39, 0.29) is 13.1 Å². The second kappa shape index (κ2) is 6.91. The fourth-order valence-electron chi connectivity index (χ4n) is 1.57. The maximum atomic E-state index is 8.97. The number of methoxy groups -OCH3 is 1. The molecular weight excluding hydrogens is 228 g/mol. The van der Waals surface area contributed by atoms with E-state index in [1.165, 1.54) is 7.11 Å². The molecule has 1 aromatic rings. The Morgan fingerprint density at radius 1 is 1.17 bits per heavy atom. The van der Waals surface area contributed by atoms with Crippen molar-refractivity contribution in [3.05, 3.63) is 29.3 Å². The summed E-state index contributed by atoms with van der Waals surface area (Å²) in [6.07, 6.45) is 0. The van der Waals surface area contributed by atoms with Gasteiger partial charge in [-0.05, 0) is 17.7 Å². The zero-order chi connectivity index (χ0) is 13.4. The molecule has 0 aliphatic heterocycles. The monoisotopic (exact) mass is 240 g/mol. The van der Waals surface area contributed by atoms with Gasteiger partial charge < -0.3 is 4.74 Å². The summed E-state index contributed by atoms with van der Waals surface area (Å²) in [4.78, 5) is 1.70. The van der Waals surface area contributed by atoms with Gasteiger partial charge in [0.25, 0.3) is 0 Å². The summed E-state index contributed by atoms with van der Waals surface area (Å²) in [6, 6.07) is 11.3. The number of hydrogen-bond acceptors (Lipinski definition) is 5. The van der Waals surface area contributed by atoms with Crippen molar-refractivity contribution in [1.82, 2.24) is 4.90 Å². The molecule has 0 amide bonds. The van der Waals surface area contributed by atoms with Crippen LogP contribution in [0.5, 0.6) is 5.75 Å². The van der Waals surface area contributed by atoms with Gasteiger partial charge in [0, 0.05) is 6.54 Å². The zero-order valence-corrected chi connectivity index (χ0v) is 10.1. The lowest BCUT2D eigenvalue weighted by atomic mass is 10.1. The van der Waals surface area contributed by atoms with Crippen LogP contribution in [0.4, 0.5) is 0 Å². The molecular formula is C13H12N4O. The van der Waals surface area contributed by atoms with E-state index in [0.717, 1.165) is 5.56 Å². The lowest BCUT2D eigenvalue weighted by Crippen LogP contribution is -2.23. The number of hydrogen-bond donors (Lipinski definition) is 0. The van der Waals surface area contributed by atoms with E-state index >= 15 is 0 Å². The largest absolute Gasteiger partial charge is 0.495 e. The summed E-state index contributed by atoms with van der Waals surface area (Å²) >= 11 is 0. The molecule has 0 saturated heterocycles. The number of nitrogens with zero attached hydrogens (tertiary/aromatic N) is 4. The van der Waals surface area contributed by atoms with Crippen LogP contribution in [0.25, 0.3) is 0 Å². The maximum Gasteiger partial charge on any atom is 0.136 e. The predicted molar refractivity (Wildman–Crippen MR) is 64.2 cm³/mol. The maximum absolute atomic E-state index is 8.97. The molecule has 0 spiro atoms. The normalized spacial score (nSPS) is 9.28. The fourth-order valence-corrected chi connectivity index (χ4v) is 1.57. The molecule has 90 valence electrons. The average Bonchev–Trinajstić information content (AvgIpc) is 2.39. The minimum absolute atomic E-state index is 0.182. The van der Waals surface area contributed by atoms with Gasteiger partial charge in [0.2, 0.25) is 0 Å². The van der Waals surface area contributed by atoms with E-state index in [0.29, 0.717) is 17.9 Å². The van der Waals surface area contributed by atoms with E-state index in [2.05, 4.69) is 6.07 Å². The molecule has 1 rings (SSSR count). The molecule has 1 aromatic carbocycles. The minimum atomic E-state index is 0.182. The lowest BCUT2D eigenvalue weighted by molar-refractivity contribution is 0.334. The molecule has 0 aromatic heterocycles. The molecule has 0 aliphatic carbocycles. The van der Waals surface area contributed by atoms with Crippen LogP contribution in [0.1, 0.15) is 11.1 Å². The summed E-state index contributed by atoms with van der Waals surface area (Å²) in [5.74, 6) is 0.522. The molecule has 0 saturated carbocycles. The zero-order valence-electron chi connectivity index (χ0n) is 10.1. The standard InChI is InChI=1S/C13H12N4O/c1-18-13-3-2-11(8-12(13)9-16)10-17(6-4-14)7-5-15/h2-3,8H,6-7,10H2,1H3. The Bertz CT molecular complexity index is 517. The molecule has 0 unspecified atom stereocenters. The molecule has 0 heterocycles. The lowest BCUT2D eigenvalue weighted by Gasteiger charge is -2.15. The topological polar surface area (TPSA) is 83.8 Å². The van der Waals surface area contributed by atoms with Crippen molar-refractivity contribution < 1.29 is 4.74 Å². The first-order valence-electron chi connectivity index (χ1n) is 5.28. The molecule has 0 aliphatic rings. The average molecular weight is 240 g/mol. The second-order valence-corrected chi connectivity index (χ2v) is 3.61. The quantitative estimate of drug-likeness (QED) is 0.726. The van der Waals surface area contributed by atoms with Crippen LogP contribution < -0.4 is 4.74 Å². The van der Waals surface area contributed by atoms with E-state index in [9.17, 15) is 0 Å². The molecule has 5 nitrogen and oxygen atoms in total. The van der Waals surface area contributed by atoms with Gasteiger partial charge in [-0.2, -0.15) is 15.8 Å². The number of rotatable bonds is 5. The Morgan fingerprint density at radius 2 is 1.83 bits per heavy atom. The van der Waals surface area contributed by atoms with Crippen LogP contribution in [0.2, 0.25) is 0 Å². The molecule has 0 N–H and O–H groups in total. The van der Waals surface area contributed by atoms with E-state index in [1.807, 2.05) is 18.2 Å². The van der Waals surface area contributed by atoms with E-state index < -0.39 is 0 Å². The Kier molecular flexibility index (Phi) is 5.19. The first-order chi connectivity index (χ1) is 8.74. The van der Waals surface area contributed by atoms with Crippen LogP contribution in [0.3, 0.4) is 0 Å². The van der Waals surface area contributed by atoms with Gasteiger partial charge in [0.05, 0.1) is 37.9 Å². The summed E-state index contributed by atoms with van der Waals surface area (Å²) < 4.78 is 5.05. The second-order valence-electron chi connectivity index (χ2n) is 3.61. The molecule has 18 heavy (non-hydrogen) atoms. The highest BCUT2D eigenvalue weighted by Crippen LogP contribution is 2.19. The van der Waals surface area contributed by atoms with Crippen molar-refractivity contribution in [3.63, 3.8) is 0 Å². The first kappa shape index (κ1) is 13.5. The van der Waals surface area contributed by atoms with Gasteiger partial charge in [-0.1, -0.05) is 6.07 Å². The molecule has 0 radical (unpaired) electrons. The molecule has 0 bridgehead atoms. The van der Waals surface area contributed by atoms with Gasteiger partial charge in [0.1, 0.15) is 11.8 Å². The number of ether oxygens (including phenoxy) is 1. The third-order valence-electron chi connectivity index (χ3n) is 2.38. The van der Waals surface area contributed by atoms with E-state index in [1.54, 1.807) is 17.0 Å². The van der Waals surface area contributed by atoms with Crippen LogP contribution in [-0.4, -0.2) is 25.1 Å². The Hall–Kier alpha value is -2.55. The van der Waals surface area contributed by atoms with Gasteiger partial charge in [-0.15, -0.1) is 0 Å². The highest BCUT2D eigenvalue weighted by atomic mass is 16.5. The highest BCUT2D eigenvalue weighted by molar-refractivity contribution is 5.45. The van der Waals surface area contributed by atoms with Crippen molar-refractivity contribution in [1.29, 1.82) is 15.8 Å². The highest BCUT2D eigenvalue weighted by Gasteiger charge is 2.08. The van der Waals surface area contributed by atoms with E-state index in [4.69, 9.17) is 20.5 Å². The Balaban J connectivity index is 2.88. The summed E-state index contributed by atoms with van der Waals surface area (Å²) in [5.41, 5.74) is 1.32. The third kappa shape index (κ3) is 3.49. The SMILES string of the molecule is COc1ccc(CN(CC#N)CC#N)cc1C#N. The Morgan fingerprint density at radius 3 is 2.33 bits per heavy atom. The minimum Gasteiger partial charge on any atom is -0.495 e. The predicted octanol–water partition coefficient (Wildman–Crippen LogP) is 1.42. The van der Waals surface area contributed by atoms with Gasteiger partial charge in [0.15, 0.2) is 0 Å². The van der Waals surface area contributed by atoms with Crippen molar-refractivity contribution in [2.45, 2.75) is 6.54 Å².